The number of hydrogen-bond acceptors (Lipinski definition) is 2. The molecule has 0 amide bonds. The molecular formula is C31H53I2NO3. The van der Waals surface area contributed by atoms with Crippen LogP contribution in [0.15, 0.2) is 48.5 Å². The van der Waals surface area contributed by atoms with Gasteiger partial charge in [-0.15, -0.1) is 0 Å². The molecule has 0 unspecified atom stereocenters. The van der Waals surface area contributed by atoms with Crippen molar-refractivity contribution in [2.24, 2.45) is 0 Å². The number of carbonyl (C=O) groups is 1. The number of carboxylic acids is 1. The molecule has 214 valence electrons. The first-order chi connectivity index (χ1) is 16.7. The van der Waals surface area contributed by atoms with Gasteiger partial charge in [-0.1, -0.05) is 78.5 Å². The monoisotopic (exact) mass is 741 g/mol. The van der Waals surface area contributed by atoms with Gasteiger partial charge in [-0.25, -0.2) is 4.79 Å². The number of nitrogens with zero attached hydrogens (tertiary/aromatic N) is 1. The summed E-state index contributed by atoms with van der Waals surface area (Å²) in [5.74, 6) is -0.878. The molecule has 0 atom stereocenters. The molecule has 0 heterocycles. The van der Waals surface area contributed by atoms with Crippen LogP contribution in [0.2, 0.25) is 0 Å². The third kappa shape index (κ3) is 20.9. The van der Waals surface area contributed by atoms with E-state index < -0.39 is 5.97 Å². The Kier molecular flexibility index (Phi) is 28.2. The second-order valence-electron chi connectivity index (χ2n) is 9.26. The molecule has 37 heavy (non-hydrogen) atoms. The van der Waals surface area contributed by atoms with Gasteiger partial charge < -0.3 is 15.1 Å². The first kappa shape index (κ1) is 40.8. The predicted molar refractivity (Wildman–Crippen MR) is 178 cm³/mol. The average molecular weight is 742 g/mol. The summed E-state index contributed by atoms with van der Waals surface area (Å²) in [6, 6.07) is 15.2. The molecular weight excluding hydrogens is 688 g/mol. The van der Waals surface area contributed by atoms with Gasteiger partial charge in [0.05, 0.1) is 31.7 Å². The Labute approximate surface area is 255 Å². The van der Waals surface area contributed by atoms with Crippen molar-refractivity contribution in [1.29, 1.82) is 0 Å². The molecule has 2 aromatic carbocycles. The van der Waals surface area contributed by atoms with Crippen LogP contribution in [-0.4, -0.2) is 47.2 Å². The minimum absolute atomic E-state index is 0. The largest absolute Gasteiger partial charge is 0.870 e. The van der Waals surface area contributed by atoms with E-state index in [1.54, 1.807) is 24.3 Å². The van der Waals surface area contributed by atoms with Crippen LogP contribution in [0.1, 0.15) is 102 Å². The van der Waals surface area contributed by atoms with Gasteiger partial charge >= 0.3 is 5.97 Å². The van der Waals surface area contributed by atoms with Crippen LogP contribution in [0.5, 0.6) is 0 Å². The highest BCUT2D eigenvalue weighted by molar-refractivity contribution is 14.1. The van der Waals surface area contributed by atoms with Crippen molar-refractivity contribution < 1.29 is 19.9 Å². The number of halogens is 2. The molecule has 0 radical (unpaired) electrons. The number of aryl methyl sites for hydroxylation is 1. The van der Waals surface area contributed by atoms with Crippen LogP contribution in [-0.2, 0) is 0 Å². The Morgan fingerprint density at radius 1 is 0.676 bits per heavy atom. The molecule has 0 aliphatic rings. The highest BCUT2D eigenvalue weighted by atomic mass is 127. The van der Waals surface area contributed by atoms with Gasteiger partial charge in [-0.05, 0) is 114 Å². The van der Waals surface area contributed by atoms with Gasteiger partial charge in [0.2, 0.25) is 0 Å². The maximum Gasteiger partial charge on any atom is 0.335 e. The standard InChI is InChI=1S/C16H36N.C7H5IO2.C7H7I.CH4.H2O/c1-5-9-13-17(14-10-6-2,15-11-7-3)16-12-8-4;8-6-3-1-5(2-4-6)7(9)10;1-6-2-4-7(8)5-3-6;;/h5-16H2,1-4H3;1-4H,(H,9,10);2-5H,1H3;1H4;1H2/q+1;;;;/p-1. The van der Waals surface area contributed by atoms with E-state index in [-0.39, 0.29) is 12.9 Å². The molecule has 0 aliphatic carbocycles. The SMILES string of the molecule is C.CCCC[N+](CCCC)(CCCC)CCCC.Cc1ccc(I)cc1.O=C(O)c1ccc(I)cc1.[OH-]. The Hall–Kier alpha value is -0.710. The summed E-state index contributed by atoms with van der Waals surface area (Å²) < 4.78 is 3.76. The normalized spacial score (nSPS) is 10.0. The minimum atomic E-state index is -0.878. The Bertz CT molecular complexity index is 722. The second kappa shape index (κ2) is 25.6. The zero-order valence-corrected chi connectivity index (χ0v) is 27.4. The Morgan fingerprint density at radius 2 is 0.973 bits per heavy atom. The maximum absolute atomic E-state index is 10.3. The molecule has 0 saturated heterocycles. The molecule has 0 fully saturated rings. The van der Waals surface area contributed by atoms with E-state index in [0.29, 0.717) is 5.56 Å². The van der Waals surface area contributed by atoms with Gasteiger partial charge in [0, 0.05) is 7.14 Å². The lowest BCUT2D eigenvalue weighted by Crippen LogP contribution is -2.50. The van der Waals surface area contributed by atoms with Crippen LogP contribution in [0, 0.1) is 14.1 Å². The number of rotatable bonds is 13. The number of carboxylic acid groups (broad SMARTS) is 1. The molecule has 0 aromatic heterocycles. The maximum atomic E-state index is 10.3. The van der Waals surface area contributed by atoms with Gasteiger partial charge in [-0.2, -0.15) is 0 Å². The quantitative estimate of drug-likeness (QED) is 0.164. The van der Waals surface area contributed by atoms with Crippen LogP contribution in [0.4, 0.5) is 0 Å². The molecule has 0 saturated carbocycles. The highest BCUT2D eigenvalue weighted by Gasteiger charge is 2.24. The van der Waals surface area contributed by atoms with Crippen molar-refractivity contribution in [3.63, 3.8) is 0 Å². The zero-order valence-electron chi connectivity index (χ0n) is 23.1. The van der Waals surface area contributed by atoms with Gasteiger partial charge in [0.15, 0.2) is 0 Å². The molecule has 0 bridgehead atoms. The van der Waals surface area contributed by atoms with Crippen molar-refractivity contribution >= 4 is 51.2 Å². The summed E-state index contributed by atoms with van der Waals surface area (Å²) in [6.45, 7) is 17.1. The number of aromatic carboxylic acids is 1. The fourth-order valence-corrected chi connectivity index (χ4v) is 4.49. The smallest absolute Gasteiger partial charge is 0.335 e. The second-order valence-corrected chi connectivity index (χ2v) is 11.7. The lowest BCUT2D eigenvalue weighted by atomic mass is 10.1. The number of unbranched alkanes of at least 4 members (excludes halogenated alkanes) is 4. The highest BCUT2D eigenvalue weighted by Crippen LogP contribution is 2.16. The van der Waals surface area contributed by atoms with Gasteiger partial charge in [0.1, 0.15) is 0 Å². The summed E-state index contributed by atoms with van der Waals surface area (Å²) in [5.41, 5.74) is 1.66. The van der Waals surface area contributed by atoms with Crippen LogP contribution in [0.3, 0.4) is 0 Å². The van der Waals surface area contributed by atoms with Crippen LogP contribution < -0.4 is 0 Å². The average Bonchev–Trinajstić information content (AvgIpc) is 2.86. The molecule has 4 nitrogen and oxygen atoms in total. The molecule has 2 N–H and O–H groups in total. The number of hydrogen-bond donors (Lipinski definition) is 1. The van der Waals surface area contributed by atoms with E-state index in [2.05, 4.69) is 104 Å². The lowest BCUT2D eigenvalue weighted by molar-refractivity contribution is -0.929. The summed E-state index contributed by atoms with van der Waals surface area (Å²) in [5, 5.41) is 8.47. The third-order valence-corrected chi connectivity index (χ3v) is 7.48. The van der Waals surface area contributed by atoms with Gasteiger partial charge in [0.25, 0.3) is 0 Å². The summed E-state index contributed by atoms with van der Waals surface area (Å²) in [7, 11) is 0. The minimum Gasteiger partial charge on any atom is -0.870 e. The molecule has 2 aromatic rings. The molecule has 2 rings (SSSR count). The first-order valence-corrected chi connectivity index (χ1v) is 15.4. The molecule has 6 heteroatoms. The topological polar surface area (TPSA) is 67.3 Å². The fourth-order valence-electron chi connectivity index (χ4n) is 3.77. The van der Waals surface area contributed by atoms with Crippen molar-refractivity contribution in [3.05, 3.63) is 66.8 Å². The first-order valence-electron chi connectivity index (χ1n) is 13.3. The third-order valence-electron chi connectivity index (χ3n) is 6.05. The van der Waals surface area contributed by atoms with Gasteiger partial charge in [-0.3, -0.25) is 0 Å². The number of quaternary nitrogens is 1. The molecule has 0 aliphatic heterocycles. The Morgan fingerprint density at radius 3 is 1.22 bits per heavy atom. The predicted octanol–water partition coefficient (Wildman–Crippen LogP) is 10.1. The van der Waals surface area contributed by atoms with E-state index in [1.807, 2.05) is 0 Å². The van der Waals surface area contributed by atoms with Crippen molar-refractivity contribution in [2.45, 2.75) is 93.4 Å². The lowest BCUT2D eigenvalue weighted by Gasteiger charge is -2.39. The van der Waals surface area contributed by atoms with Crippen molar-refractivity contribution in [3.8, 4) is 0 Å². The summed E-state index contributed by atoms with van der Waals surface area (Å²) in [4.78, 5) is 10.3. The molecule has 0 spiro atoms. The van der Waals surface area contributed by atoms with E-state index >= 15 is 0 Å². The zero-order chi connectivity index (χ0) is 26.5. The summed E-state index contributed by atoms with van der Waals surface area (Å²) in [6.07, 6.45) is 11.1. The van der Waals surface area contributed by atoms with Crippen molar-refractivity contribution in [2.75, 3.05) is 26.2 Å². The van der Waals surface area contributed by atoms with E-state index in [9.17, 15) is 4.79 Å². The van der Waals surface area contributed by atoms with Crippen molar-refractivity contribution in [1.82, 2.24) is 0 Å². The van der Waals surface area contributed by atoms with E-state index in [1.165, 1.54) is 91.2 Å². The number of benzene rings is 2. The Balaban J connectivity index is -0.000000492. The van der Waals surface area contributed by atoms with E-state index in [0.717, 1.165) is 3.57 Å². The fraction of sp³-hybridized carbons (Fsp3) is 0.581. The van der Waals surface area contributed by atoms with E-state index in [4.69, 9.17) is 5.11 Å². The van der Waals surface area contributed by atoms with Crippen LogP contribution >= 0.6 is 45.2 Å². The summed E-state index contributed by atoms with van der Waals surface area (Å²) >= 11 is 4.42. The van der Waals surface area contributed by atoms with Crippen LogP contribution in [0.25, 0.3) is 0 Å².